The van der Waals surface area contributed by atoms with E-state index in [4.69, 9.17) is 27.9 Å². The number of likely N-dealkylation sites (N-methyl/N-ethyl adjacent to an activating group) is 1. The SMILES string of the molecule is CN(Cc1ccc(Cl)c(Cl)c1)CC1CN(C(=O)CCc2ccccc2)CCO1. The molecule has 3 rings (SSSR count). The van der Waals surface area contributed by atoms with Gasteiger partial charge in [-0.1, -0.05) is 59.6 Å². The number of benzene rings is 2. The van der Waals surface area contributed by atoms with Gasteiger partial charge >= 0.3 is 0 Å². The zero-order chi connectivity index (χ0) is 19.9. The van der Waals surface area contributed by atoms with Crippen LogP contribution in [-0.2, 0) is 22.5 Å². The Hall–Kier alpha value is -1.59. The number of aryl methyl sites for hydroxylation is 1. The Kier molecular flexibility index (Phi) is 7.74. The van der Waals surface area contributed by atoms with Crippen LogP contribution in [0.1, 0.15) is 17.5 Å². The van der Waals surface area contributed by atoms with Crippen molar-refractivity contribution in [3.05, 3.63) is 69.7 Å². The number of hydrogen-bond acceptors (Lipinski definition) is 3. The fraction of sp³-hybridized carbons (Fsp3) is 0.409. The lowest BCUT2D eigenvalue weighted by Gasteiger charge is -2.35. The number of hydrogen-bond donors (Lipinski definition) is 0. The molecule has 4 nitrogen and oxygen atoms in total. The molecule has 0 radical (unpaired) electrons. The molecule has 1 saturated heterocycles. The molecule has 1 atom stereocenters. The number of rotatable bonds is 7. The van der Waals surface area contributed by atoms with E-state index in [2.05, 4.69) is 17.0 Å². The van der Waals surface area contributed by atoms with Gasteiger partial charge in [0.1, 0.15) is 0 Å². The second-order valence-corrected chi connectivity index (χ2v) is 8.08. The van der Waals surface area contributed by atoms with Crippen LogP contribution in [0.3, 0.4) is 0 Å². The van der Waals surface area contributed by atoms with Crippen molar-refractivity contribution in [2.24, 2.45) is 0 Å². The number of nitrogens with zero attached hydrogens (tertiary/aromatic N) is 2. The maximum atomic E-state index is 12.6. The smallest absolute Gasteiger partial charge is 0.223 e. The maximum Gasteiger partial charge on any atom is 0.223 e. The molecule has 6 heteroatoms. The lowest BCUT2D eigenvalue weighted by molar-refractivity contribution is -0.139. The molecule has 0 spiro atoms. The molecule has 28 heavy (non-hydrogen) atoms. The Morgan fingerprint density at radius 2 is 1.93 bits per heavy atom. The monoisotopic (exact) mass is 420 g/mol. The van der Waals surface area contributed by atoms with E-state index < -0.39 is 0 Å². The van der Waals surface area contributed by atoms with E-state index >= 15 is 0 Å². The average Bonchev–Trinajstić information content (AvgIpc) is 2.70. The van der Waals surface area contributed by atoms with E-state index in [1.807, 2.05) is 48.3 Å². The summed E-state index contributed by atoms with van der Waals surface area (Å²) in [5.41, 5.74) is 2.30. The Morgan fingerprint density at radius 3 is 2.68 bits per heavy atom. The molecule has 1 aliphatic heterocycles. The number of ether oxygens (including phenoxy) is 1. The number of halogens is 2. The summed E-state index contributed by atoms with van der Waals surface area (Å²) in [5.74, 6) is 0.198. The topological polar surface area (TPSA) is 32.8 Å². The number of carbonyl (C=O) groups is 1. The maximum absolute atomic E-state index is 12.6. The fourth-order valence-corrected chi connectivity index (χ4v) is 3.79. The second kappa shape index (κ2) is 10.3. The first-order chi connectivity index (χ1) is 13.5. The highest BCUT2D eigenvalue weighted by Gasteiger charge is 2.25. The normalized spacial score (nSPS) is 17.1. The fourth-order valence-electron chi connectivity index (χ4n) is 3.47. The third kappa shape index (κ3) is 6.21. The van der Waals surface area contributed by atoms with Crippen LogP contribution in [0.5, 0.6) is 0 Å². The molecule has 1 fully saturated rings. The summed E-state index contributed by atoms with van der Waals surface area (Å²) >= 11 is 12.1. The summed E-state index contributed by atoms with van der Waals surface area (Å²) in [5, 5.41) is 1.13. The van der Waals surface area contributed by atoms with Gasteiger partial charge in [-0.25, -0.2) is 0 Å². The van der Waals surface area contributed by atoms with Crippen LogP contribution in [0.25, 0.3) is 0 Å². The van der Waals surface area contributed by atoms with Gasteiger partial charge in [0.25, 0.3) is 0 Å². The second-order valence-electron chi connectivity index (χ2n) is 7.26. The zero-order valence-corrected chi connectivity index (χ0v) is 17.6. The summed E-state index contributed by atoms with van der Waals surface area (Å²) in [6.07, 6.45) is 1.33. The van der Waals surface area contributed by atoms with Crippen LogP contribution in [-0.4, -0.2) is 55.1 Å². The van der Waals surface area contributed by atoms with Crippen molar-refractivity contribution in [1.29, 1.82) is 0 Å². The summed E-state index contributed by atoms with van der Waals surface area (Å²) in [4.78, 5) is 16.7. The lowest BCUT2D eigenvalue weighted by atomic mass is 10.1. The standard InChI is InChI=1S/C22H26Cl2N2O2/c1-25(14-18-7-9-20(23)21(24)13-18)15-19-16-26(11-12-28-19)22(27)10-8-17-5-3-2-4-6-17/h2-7,9,13,19H,8,10-12,14-16H2,1H3. The minimum absolute atomic E-state index is 0.0159. The highest BCUT2D eigenvalue weighted by molar-refractivity contribution is 6.42. The summed E-state index contributed by atoms with van der Waals surface area (Å²) in [7, 11) is 2.04. The van der Waals surface area contributed by atoms with Crippen LogP contribution >= 0.6 is 23.2 Å². The molecule has 1 heterocycles. The predicted molar refractivity (Wildman–Crippen MR) is 114 cm³/mol. The van der Waals surface area contributed by atoms with Crippen molar-refractivity contribution in [1.82, 2.24) is 9.80 Å². The molecular formula is C22H26Cl2N2O2. The van der Waals surface area contributed by atoms with Gasteiger partial charge in [-0.05, 0) is 36.7 Å². The molecule has 0 bridgehead atoms. The van der Waals surface area contributed by atoms with Crippen LogP contribution in [0.15, 0.2) is 48.5 Å². The van der Waals surface area contributed by atoms with Crippen LogP contribution in [0, 0.1) is 0 Å². The molecule has 0 aromatic heterocycles. The van der Waals surface area contributed by atoms with Crippen LogP contribution < -0.4 is 0 Å². The molecule has 1 aliphatic rings. The molecule has 1 amide bonds. The predicted octanol–water partition coefficient (Wildman–Crippen LogP) is 4.29. The Bertz CT molecular complexity index is 785. The van der Waals surface area contributed by atoms with Crippen molar-refractivity contribution in [2.45, 2.75) is 25.5 Å². The van der Waals surface area contributed by atoms with Gasteiger partial charge in [0, 0.05) is 32.6 Å². The van der Waals surface area contributed by atoms with Gasteiger partial charge in [-0.15, -0.1) is 0 Å². The van der Waals surface area contributed by atoms with Crippen molar-refractivity contribution >= 4 is 29.1 Å². The minimum atomic E-state index is 0.0159. The third-order valence-corrected chi connectivity index (χ3v) is 5.65. The first kappa shape index (κ1) is 21.1. The molecule has 150 valence electrons. The quantitative estimate of drug-likeness (QED) is 0.669. The van der Waals surface area contributed by atoms with E-state index in [9.17, 15) is 4.79 Å². The zero-order valence-electron chi connectivity index (χ0n) is 16.1. The molecular weight excluding hydrogens is 395 g/mol. The van der Waals surface area contributed by atoms with Gasteiger partial charge in [0.05, 0.1) is 22.8 Å². The molecule has 0 N–H and O–H groups in total. The molecule has 2 aromatic rings. The minimum Gasteiger partial charge on any atom is -0.373 e. The van der Waals surface area contributed by atoms with Gasteiger partial charge in [0.2, 0.25) is 5.91 Å². The molecule has 2 aromatic carbocycles. The van der Waals surface area contributed by atoms with E-state index in [-0.39, 0.29) is 12.0 Å². The van der Waals surface area contributed by atoms with Crippen LogP contribution in [0.2, 0.25) is 10.0 Å². The van der Waals surface area contributed by atoms with Crippen LogP contribution in [0.4, 0.5) is 0 Å². The number of amides is 1. The lowest BCUT2D eigenvalue weighted by Crippen LogP contribution is -2.49. The Morgan fingerprint density at radius 1 is 1.14 bits per heavy atom. The average molecular weight is 421 g/mol. The van der Waals surface area contributed by atoms with E-state index in [1.165, 1.54) is 5.56 Å². The van der Waals surface area contributed by atoms with Crippen molar-refractivity contribution in [3.63, 3.8) is 0 Å². The molecule has 0 saturated carbocycles. The summed E-state index contributed by atoms with van der Waals surface area (Å²) < 4.78 is 5.89. The molecule has 1 unspecified atom stereocenters. The van der Waals surface area contributed by atoms with E-state index in [1.54, 1.807) is 0 Å². The Labute approximate surface area is 177 Å². The van der Waals surface area contributed by atoms with Crippen molar-refractivity contribution in [2.75, 3.05) is 33.3 Å². The Balaban J connectivity index is 1.47. The molecule has 0 aliphatic carbocycles. The van der Waals surface area contributed by atoms with E-state index in [0.29, 0.717) is 36.2 Å². The van der Waals surface area contributed by atoms with Gasteiger partial charge in [-0.2, -0.15) is 0 Å². The highest BCUT2D eigenvalue weighted by atomic mass is 35.5. The summed E-state index contributed by atoms with van der Waals surface area (Å²) in [6, 6.07) is 15.8. The first-order valence-electron chi connectivity index (χ1n) is 9.57. The largest absolute Gasteiger partial charge is 0.373 e. The summed E-state index contributed by atoms with van der Waals surface area (Å²) in [6.45, 7) is 3.39. The van der Waals surface area contributed by atoms with Crippen molar-refractivity contribution < 1.29 is 9.53 Å². The van der Waals surface area contributed by atoms with Gasteiger partial charge in [-0.3, -0.25) is 9.69 Å². The van der Waals surface area contributed by atoms with Crippen molar-refractivity contribution in [3.8, 4) is 0 Å². The first-order valence-corrected chi connectivity index (χ1v) is 10.3. The van der Waals surface area contributed by atoms with E-state index in [0.717, 1.165) is 25.1 Å². The van der Waals surface area contributed by atoms with Gasteiger partial charge in [0.15, 0.2) is 0 Å². The third-order valence-electron chi connectivity index (χ3n) is 4.91. The number of morpholine rings is 1. The number of carbonyl (C=O) groups excluding carboxylic acids is 1. The van der Waals surface area contributed by atoms with Gasteiger partial charge < -0.3 is 9.64 Å². The highest BCUT2D eigenvalue weighted by Crippen LogP contribution is 2.23.